The molecule has 0 saturated heterocycles. The van der Waals surface area contributed by atoms with Crippen molar-refractivity contribution in [3.05, 3.63) is 82.1 Å². The molecule has 0 spiro atoms. The molecule has 8 heteroatoms. The minimum absolute atomic E-state index is 0.194. The first-order valence-corrected chi connectivity index (χ1v) is 9.03. The number of carbonyl (C=O) groups excluding carboxylic acids is 1. The number of nitrogens with zero attached hydrogens (tertiary/aromatic N) is 2. The van der Waals surface area contributed by atoms with E-state index in [2.05, 4.69) is 10.4 Å². The molecule has 4 nitrogen and oxygen atoms in total. The van der Waals surface area contributed by atoms with E-state index in [0.29, 0.717) is 6.42 Å². The lowest BCUT2D eigenvalue weighted by Gasteiger charge is -2.15. The molecule has 1 heterocycles. The third kappa shape index (κ3) is 3.38. The van der Waals surface area contributed by atoms with Gasteiger partial charge in [0.1, 0.15) is 5.69 Å². The quantitative estimate of drug-likeness (QED) is 0.669. The molecule has 0 aliphatic heterocycles. The van der Waals surface area contributed by atoms with E-state index in [0.717, 1.165) is 28.3 Å². The van der Waals surface area contributed by atoms with Crippen LogP contribution in [0, 0.1) is 0 Å². The first-order valence-electron chi connectivity index (χ1n) is 8.65. The maximum Gasteiger partial charge on any atom is 0.435 e. The number of aromatic nitrogens is 2. The van der Waals surface area contributed by atoms with Crippen LogP contribution in [0.3, 0.4) is 0 Å². The summed E-state index contributed by atoms with van der Waals surface area (Å²) in [7, 11) is 0. The summed E-state index contributed by atoms with van der Waals surface area (Å²) in [6.45, 7) is 0. The Kier molecular flexibility index (Phi) is 4.63. The number of benzene rings is 2. The zero-order chi connectivity index (χ0) is 19.9. The third-order valence-electron chi connectivity index (χ3n) is 4.75. The van der Waals surface area contributed by atoms with Gasteiger partial charge < -0.3 is 5.32 Å². The lowest BCUT2D eigenvalue weighted by atomic mass is 10.1. The maximum absolute atomic E-state index is 13.2. The predicted octanol–water partition coefficient (Wildman–Crippen LogP) is 4.96. The van der Waals surface area contributed by atoms with E-state index in [1.165, 1.54) is 12.1 Å². The third-order valence-corrected chi connectivity index (χ3v) is 5.07. The van der Waals surface area contributed by atoms with Crippen LogP contribution in [0.4, 0.5) is 13.2 Å². The fraction of sp³-hybridized carbons (Fsp3) is 0.200. The van der Waals surface area contributed by atoms with Crippen LogP contribution in [0.1, 0.15) is 39.8 Å². The van der Waals surface area contributed by atoms with Crippen LogP contribution in [0.2, 0.25) is 5.02 Å². The molecule has 0 saturated carbocycles. The monoisotopic (exact) mass is 405 g/mol. The molecule has 1 unspecified atom stereocenters. The molecule has 4 rings (SSSR count). The van der Waals surface area contributed by atoms with Crippen molar-refractivity contribution in [2.75, 3.05) is 0 Å². The van der Waals surface area contributed by atoms with Crippen LogP contribution < -0.4 is 5.32 Å². The fourth-order valence-corrected chi connectivity index (χ4v) is 3.64. The summed E-state index contributed by atoms with van der Waals surface area (Å²) in [5, 5.41) is 6.63. The molecular formula is C20H15ClF3N3O. The number of fused-ring (bicyclic) bond motifs is 1. The van der Waals surface area contributed by atoms with Crippen LogP contribution in [-0.2, 0) is 12.6 Å². The van der Waals surface area contributed by atoms with Crippen molar-refractivity contribution in [3.63, 3.8) is 0 Å². The highest BCUT2D eigenvalue weighted by molar-refractivity contribution is 6.32. The van der Waals surface area contributed by atoms with Crippen LogP contribution >= 0.6 is 11.6 Å². The number of halogens is 4. The molecule has 3 aromatic rings. The molecule has 0 fully saturated rings. The molecule has 1 N–H and O–H groups in total. The van der Waals surface area contributed by atoms with Crippen molar-refractivity contribution in [1.82, 2.24) is 15.1 Å². The van der Waals surface area contributed by atoms with E-state index < -0.39 is 17.8 Å². The smallest absolute Gasteiger partial charge is 0.344 e. The molecule has 28 heavy (non-hydrogen) atoms. The highest BCUT2D eigenvalue weighted by Gasteiger charge is 2.37. The first kappa shape index (κ1) is 18.6. The van der Waals surface area contributed by atoms with Gasteiger partial charge in [-0.25, -0.2) is 4.68 Å². The minimum Gasteiger partial charge on any atom is -0.344 e. The summed E-state index contributed by atoms with van der Waals surface area (Å²) in [4.78, 5) is 12.9. The van der Waals surface area contributed by atoms with Gasteiger partial charge in [-0.15, -0.1) is 0 Å². The largest absolute Gasteiger partial charge is 0.435 e. The van der Waals surface area contributed by atoms with Crippen molar-refractivity contribution in [3.8, 4) is 5.69 Å². The second-order valence-corrected chi connectivity index (χ2v) is 6.95. The Morgan fingerprint density at radius 3 is 2.61 bits per heavy atom. The summed E-state index contributed by atoms with van der Waals surface area (Å²) < 4.78 is 40.6. The average Bonchev–Trinajstić information content (AvgIpc) is 3.27. The molecule has 0 bridgehead atoms. The lowest BCUT2D eigenvalue weighted by molar-refractivity contribution is -0.141. The molecule has 2 aromatic carbocycles. The van der Waals surface area contributed by atoms with Crippen molar-refractivity contribution < 1.29 is 18.0 Å². The van der Waals surface area contributed by atoms with Gasteiger partial charge in [-0.05, 0) is 36.1 Å². The SMILES string of the molecule is O=C(NC1CCc2ccccc21)c1cc(C(F)(F)F)nn1-c1ccccc1Cl. The van der Waals surface area contributed by atoms with Gasteiger partial charge in [0, 0.05) is 6.07 Å². The van der Waals surface area contributed by atoms with Crippen molar-refractivity contribution in [2.24, 2.45) is 0 Å². The Hall–Kier alpha value is -2.80. The standard InChI is InChI=1S/C20H15ClF3N3O/c21-14-7-3-4-8-16(14)27-17(11-18(26-27)20(22,23)24)19(28)25-15-10-9-12-5-1-2-6-13(12)15/h1-8,11,15H,9-10H2,(H,25,28). The number of aryl methyl sites for hydroxylation is 1. The number of rotatable bonds is 3. The topological polar surface area (TPSA) is 46.9 Å². The lowest BCUT2D eigenvalue weighted by Crippen LogP contribution is -2.29. The van der Waals surface area contributed by atoms with Crippen LogP contribution in [0.25, 0.3) is 5.69 Å². The van der Waals surface area contributed by atoms with Crippen molar-refractivity contribution >= 4 is 17.5 Å². The molecule has 1 atom stereocenters. The Morgan fingerprint density at radius 1 is 1.14 bits per heavy atom. The summed E-state index contributed by atoms with van der Waals surface area (Å²) in [6, 6.07) is 14.5. The van der Waals surface area contributed by atoms with Crippen molar-refractivity contribution in [2.45, 2.75) is 25.1 Å². The van der Waals surface area contributed by atoms with Gasteiger partial charge in [-0.3, -0.25) is 4.79 Å². The summed E-state index contributed by atoms with van der Waals surface area (Å²) >= 11 is 6.12. The summed E-state index contributed by atoms with van der Waals surface area (Å²) in [5.41, 5.74) is 0.949. The van der Waals surface area contributed by atoms with Gasteiger partial charge >= 0.3 is 6.18 Å². The molecule has 1 aliphatic rings. The number of amides is 1. The minimum atomic E-state index is -4.68. The van der Waals surface area contributed by atoms with Gasteiger partial charge in [-0.1, -0.05) is 48.0 Å². The Morgan fingerprint density at radius 2 is 1.86 bits per heavy atom. The van der Waals surface area contributed by atoms with E-state index >= 15 is 0 Å². The van der Waals surface area contributed by atoms with Gasteiger partial charge in [0.25, 0.3) is 5.91 Å². The summed E-state index contributed by atoms with van der Waals surface area (Å²) in [6.07, 6.45) is -3.18. The Labute approximate surface area is 163 Å². The Balaban J connectivity index is 1.71. The molecular weight excluding hydrogens is 391 g/mol. The average molecular weight is 406 g/mol. The van der Waals surface area contributed by atoms with E-state index in [1.54, 1.807) is 12.1 Å². The second-order valence-electron chi connectivity index (χ2n) is 6.54. The number of nitrogens with one attached hydrogen (secondary N) is 1. The molecule has 1 aliphatic carbocycles. The van der Waals surface area contributed by atoms with Gasteiger partial charge in [0.15, 0.2) is 5.69 Å². The van der Waals surface area contributed by atoms with E-state index in [-0.39, 0.29) is 22.4 Å². The molecule has 0 radical (unpaired) electrons. The van der Waals surface area contributed by atoms with Crippen LogP contribution in [0.15, 0.2) is 54.6 Å². The van der Waals surface area contributed by atoms with E-state index in [1.807, 2.05) is 24.3 Å². The Bertz CT molecular complexity index is 1050. The van der Waals surface area contributed by atoms with Crippen LogP contribution in [-0.4, -0.2) is 15.7 Å². The van der Waals surface area contributed by atoms with E-state index in [4.69, 9.17) is 11.6 Å². The maximum atomic E-state index is 13.2. The van der Waals surface area contributed by atoms with E-state index in [9.17, 15) is 18.0 Å². The normalized spacial score (nSPS) is 16.1. The molecule has 144 valence electrons. The number of carbonyl (C=O) groups is 1. The fourth-order valence-electron chi connectivity index (χ4n) is 3.43. The zero-order valence-electron chi connectivity index (χ0n) is 14.5. The number of hydrogen-bond acceptors (Lipinski definition) is 2. The number of alkyl halides is 3. The first-order chi connectivity index (χ1) is 13.3. The molecule has 1 amide bonds. The highest BCUT2D eigenvalue weighted by Crippen LogP contribution is 2.33. The predicted molar refractivity (Wildman–Crippen MR) is 98.5 cm³/mol. The molecule has 1 aromatic heterocycles. The van der Waals surface area contributed by atoms with Crippen molar-refractivity contribution in [1.29, 1.82) is 0 Å². The van der Waals surface area contributed by atoms with Gasteiger partial charge in [0.2, 0.25) is 0 Å². The highest BCUT2D eigenvalue weighted by atomic mass is 35.5. The van der Waals surface area contributed by atoms with Crippen LogP contribution in [0.5, 0.6) is 0 Å². The van der Waals surface area contributed by atoms with Gasteiger partial charge in [0.05, 0.1) is 16.8 Å². The zero-order valence-corrected chi connectivity index (χ0v) is 15.3. The van der Waals surface area contributed by atoms with Gasteiger partial charge in [-0.2, -0.15) is 18.3 Å². The second kappa shape index (κ2) is 6.98. The summed E-state index contributed by atoms with van der Waals surface area (Å²) in [5.74, 6) is -0.635. The number of para-hydroxylation sites is 1. The number of hydrogen-bond donors (Lipinski definition) is 1.